The Kier molecular flexibility index (Phi) is 2.88. The molecule has 2 N–H and O–H groups in total. The molecule has 4 heteroatoms. The molecular formula is C13H15NO3. The number of hydrogen-bond donors (Lipinski definition) is 2. The summed E-state index contributed by atoms with van der Waals surface area (Å²) in [5.74, 6) is -0.456. The molecule has 1 amide bonds. The van der Waals surface area contributed by atoms with Crippen molar-refractivity contribution in [3.05, 3.63) is 29.3 Å². The van der Waals surface area contributed by atoms with Gasteiger partial charge in [-0.25, -0.2) is 4.79 Å². The van der Waals surface area contributed by atoms with E-state index in [0.717, 1.165) is 6.42 Å². The molecule has 1 saturated carbocycles. The maximum absolute atomic E-state index is 11.8. The summed E-state index contributed by atoms with van der Waals surface area (Å²) >= 11 is 0. The molecule has 0 heterocycles. The second kappa shape index (κ2) is 4.20. The van der Waals surface area contributed by atoms with E-state index < -0.39 is 5.97 Å². The van der Waals surface area contributed by atoms with Crippen LogP contribution in [0.5, 0.6) is 0 Å². The van der Waals surface area contributed by atoms with Crippen LogP contribution in [0.1, 0.15) is 29.3 Å². The van der Waals surface area contributed by atoms with Gasteiger partial charge in [-0.3, -0.25) is 4.79 Å². The molecule has 90 valence electrons. The van der Waals surface area contributed by atoms with Crippen LogP contribution in [0.2, 0.25) is 0 Å². The highest BCUT2D eigenvalue weighted by Gasteiger charge is 2.39. The molecule has 0 aliphatic heterocycles. The van der Waals surface area contributed by atoms with Crippen molar-refractivity contribution in [1.82, 2.24) is 0 Å². The highest BCUT2D eigenvalue weighted by atomic mass is 16.4. The number of carboxylic acids is 1. The number of nitrogens with one attached hydrogen (secondary N) is 1. The van der Waals surface area contributed by atoms with Crippen molar-refractivity contribution < 1.29 is 14.7 Å². The topological polar surface area (TPSA) is 66.4 Å². The average Bonchev–Trinajstić information content (AvgIpc) is 2.98. The van der Waals surface area contributed by atoms with E-state index in [0.29, 0.717) is 17.2 Å². The predicted octanol–water partition coefficient (Wildman–Crippen LogP) is 2.29. The van der Waals surface area contributed by atoms with Gasteiger partial charge in [0, 0.05) is 11.6 Å². The van der Waals surface area contributed by atoms with E-state index in [4.69, 9.17) is 5.11 Å². The number of carbonyl (C=O) groups excluding carboxylic acids is 1. The Balaban J connectivity index is 2.18. The van der Waals surface area contributed by atoms with Crippen LogP contribution < -0.4 is 5.32 Å². The lowest BCUT2D eigenvalue weighted by atomic mass is 10.1. The summed E-state index contributed by atoms with van der Waals surface area (Å²) < 4.78 is 0. The summed E-state index contributed by atoms with van der Waals surface area (Å²) in [6, 6.07) is 4.90. The Morgan fingerprint density at radius 3 is 2.59 bits per heavy atom. The molecule has 2 atom stereocenters. The van der Waals surface area contributed by atoms with Crippen LogP contribution in [0.3, 0.4) is 0 Å². The second-order valence-corrected chi connectivity index (χ2v) is 4.59. The monoisotopic (exact) mass is 233 g/mol. The van der Waals surface area contributed by atoms with Gasteiger partial charge in [0.2, 0.25) is 5.91 Å². The minimum Gasteiger partial charge on any atom is -0.478 e. The molecule has 2 rings (SSSR count). The van der Waals surface area contributed by atoms with Crippen LogP contribution in [0.15, 0.2) is 18.2 Å². The quantitative estimate of drug-likeness (QED) is 0.841. The highest BCUT2D eigenvalue weighted by molar-refractivity contribution is 5.97. The van der Waals surface area contributed by atoms with Gasteiger partial charge in [-0.15, -0.1) is 0 Å². The average molecular weight is 233 g/mol. The van der Waals surface area contributed by atoms with Gasteiger partial charge in [0.25, 0.3) is 0 Å². The molecule has 1 aromatic carbocycles. The number of benzene rings is 1. The predicted molar refractivity (Wildman–Crippen MR) is 64.0 cm³/mol. The van der Waals surface area contributed by atoms with E-state index in [9.17, 15) is 9.59 Å². The largest absolute Gasteiger partial charge is 0.478 e. The van der Waals surface area contributed by atoms with E-state index >= 15 is 0 Å². The Labute approximate surface area is 99.6 Å². The minimum atomic E-state index is -0.974. The van der Waals surface area contributed by atoms with Crippen LogP contribution in [0.4, 0.5) is 5.69 Å². The van der Waals surface area contributed by atoms with Crippen LogP contribution in [-0.2, 0) is 4.79 Å². The van der Waals surface area contributed by atoms with Gasteiger partial charge < -0.3 is 10.4 Å². The molecule has 0 saturated heterocycles. The van der Waals surface area contributed by atoms with Gasteiger partial charge >= 0.3 is 5.97 Å². The number of rotatable bonds is 3. The third kappa shape index (κ3) is 2.30. The molecule has 4 nitrogen and oxygen atoms in total. The molecule has 1 aliphatic rings. The number of carboxylic acid groups (broad SMARTS) is 1. The molecule has 0 bridgehead atoms. The standard InChI is InChI=1S/C13H15NO3/c1-7-6-10(7)12(15)14-11-5-3-4-9(8(11)2)13(16)17/h3-5,7,10H,6H2,1-2H3,(H,14,15)(H,16,17)/t7-,10-/m1/s1. The van der Waals surface area contributed by atoms with Gasteiger partial charge in [0.05, 0.1) is 5.56 Å². The Morgan fingerprint density at radius 2 is 2.06 bits per heavy atom. The maximum Gasteiger partial charge on any atom is 0.336 e. The van der Waals surface area contributed by atoms with Crippen molar-refractivity contribution >= 4 is 17.6 Å². The summed E-state index contributed by atoms with van der Waals surface area (Å²) in [5, 5.41) is 11.8. The third-order valence-corrected chi connectivity index (χ3v) is 3.27. The fourth-order valence-electron chi connectivity index (χ4n) is 1.92. The molecule has 1 aliphatic carbocycles. The molecule has 0 spiro atoms. The van der Waals surface area contributed by atoms with E-state index in [-0.39, 0.29) is 17.4 Å². The zero-order valence-electron chi connectivity index (χ0n) is 9.86. The molecule has 0 unspecified atom stereocenters. The first-order valence-electron chi connectivity index (χ1n) is 5.64. The molecule has 0 radical (unpaired) electrons. The van der Waals surface area contributed by atoms with Crippen LogP contribution in [0, 0.1) is 18.8 Å². The smallest absolute Gasteiger partial charge is 0.336 e. The van der Waals surface area contributed by atoms with Crippen molar-refractivity contribution in [2.24, 2.45) is 11.8 Å². The zero-order chi connectivity index (χ0) is 12.6. The molecule has 17 heavy (non-hydrogen) atoms. The number of anilines is 1. The first-order valence-corrected chi connectivity index (χ1v) is 5.64. The number of aromatic carboxylic acids is 1. The van der Waals surface area contributed by atoms with Crippen molar-refractivity contribution in [3.8, 4) is 0 Å². The Bertz CT molecular complexity index is 482. The van der Waals surface area contributed by atoms with Crippen molar-refractivity contribution in [2.75, 3.05) is 5.32 Å². The number of carbonyl (C=O) groups is 2. The van der Waals surface area contributed by atoms with Gasteiger partial charge in [-0.1, -0.05) is 13.0 Å². The molecular weight excluding hydrogens is 218 g/mol. The van der Waals surface area contributed by atoms with Crippen LogP contribution >= 0.6 is 0 Å². The van der Waals surface area contributed by atoms with Gasteiger partial charge in [0.15, 0.2) is 0 Å². The molecule has 1 fully saturated rings. The van der Waals surface area contributed by atoms with Crippen molar-refractivity contribution in [1.29, 1.82) is 0 Å². The van der Waals surface area contributed by atoms with Gasteiger partial charge in [0.1, 0.15) is 0 Å². The first kappa shape index (κ1) is 11.6. The number of amides is 1. The lowest BCUT2D eigenvalue weighted by Gasteiger charge is -2.10. The van der Waals surface area contributed by atoms with Crippen LogP contribution in [0.25, 0.3) is 0 Å². The zero-order valence-corrected chi connectivity index (χ0v) is 9.86. The van der Waals surface area contributed by atoms with E-state index in [1.54, 1.807) is 19.1 Å². The number of hydrogen-bond acceptors (Lipinski definition) is 2. The minimum absolute atomic E-state index is 0.0110. The highest BCUT2D eigenvalue weighted by Crippen LogP contribution is 2.38. The lowest BCUT2D eigenvalue weighted by molar-refractivity contribution is -0.117. The summed E-state index contributed by atoms with van der Waals surface area (Å²) in [5.41, 5.74) is 1.42. The van der Waals surface area contributed by atoms with Crippen molar-refractivity contribution in [3.63, 3.8) is 0 Å². The van der Waals surface area contributed by atoms with E-state index in [1.165, 1.54) is 6.07 Å². The van der Waals surface area contributed by atoms with E-state index in [2.05, 4.69) is 5.32 Å². The van der Waals surface area contributed by atoms with Gasteiger partial charge in [-0.05, 0) is 37.0 Å². The van der Waals surface area contributed by atoms with Crippen molar-refractivity contribution in [2.45, 2.75) is 20.3 Å². The summed E-state index contributed by atoms with van der Waals surface area (Å²) in [6.45, 7) is 3.74. The third-order valence-electron chi connectivity index (χ3n) is 3.27. The SMILES string of the molecule is Cc1c(NC(=O)[C@@H]2C[C@H]2C)cccc1C(=O)O. The lowest BCUT2D eigenvalue weighted by Crippen LogP contribution is -2.16. The Morgan fingerprint density at radius 1 is 1.41 bits per heavy atom. The van der Waals surface area contributed by atoms with Crippen LogP contribution in [-0.4, -0.2) is 17.0 Å². The van der Waals surface area contributed by atoms with E-state index in [1.807, 2.05) is 6.92 Å². The fourth-order valence-corrected chi connectivity index (χ4v) is 1.92. The summed E-state index contributed by atoms with van der Waals surface area (Å²) in [7, 11) is 0. The Hall–Kier alpha value is -1.84. The maximum atomic E-state index is 11.8. The normalized spacial score (nSPS) is 22.0. The first-order chi connectivity index (χ1) is 8.00. The fraction of sp³-hybridized carbons (Fsp3) is 0.385. The molecule has 1 aromatic rings. The molecule has 0 aromatic heterocycles. The van der Waals surface area contributed by atoms with Gasteiger partial charge in [-0.2, -0.15) is 0 Å². The summed E-state index contributed by atoms with van der Waals surface area (Å²) in [4.78, 5) is 22.7. The summed E-state index contributed by atoms with van der Waals surface area (Å²) in [6.07, 6.45) is 0.920. The second-order valence-electron chi connectivity index (χ2n) is 4.59.